The summed E-state index contributed by atoms with van der Waals surface area (Å²) in [6.45, 7) is 6.03. The largest absolute Gasteiger partial charge is 0.398 e. The van der Waals surface area contributed by atoms with Gasteiger partial charge in [-0.2, -0.15) is 0 Å². The van der Waals surface area contributed by atoms with Crippen LogP contribution in [0.5, 0.6) is 0 Å². The van der Waals surface area contributed by atoms with E-state index in [0.29, 0.717) is 5.69 Å². The van der Waals surface area contributed by atoms with Crippen LogP contribution in [0.4, 0.5) is 5.69 Å². The van der Waals surface area contributed by atoms with Gasteiger partial charge < -0.3 is 10.3 Å². The predicted molar refractivity (Wildman–Crippen MR) is 67.6 cm³/mol. The maximum absolute atomic E-state index is 11.9. The van der Waals surface area contributed by atoms with E-state index in [1.165, 1.54) is 0 Å². The number of rotatable bonds is 0. The topological polar surface area (TPSA) is 48.0 Å². The van der Waals surface area contributed by atoms with Crippen LogP contribution in [0.1, 0.15) is 20.8 Å². The van der Waals surface area contributed by atoms with Crippen molar-refractivity contribution >= 4 is 16.6 Å². The Bertz CT molecular complexity index is 591. The average Bonchev–Trinajstić information content (AvgIpc) is 2.15. The highest BCUT2D eigenvalue weighted by Gasteiger charge is 2.17. The standard InChI is InChI=1S/C13H16N2O/c1-13(2,3)15-11-6-4-5-10(14)9(11)7-8-12(15)16/h4-8H,14H2,1-3H3. The lowest BCUT2D eigenvalue weighted by molar-refractivity contribution is 0.398. The zero-order chi connectivity index (χ0) is 11.9. The summed E-state index contributed by atoms with van der Waals surface area (Å²) in [5.41, 5.74) is 7.26. The molecule has 0 fully saturated rings. The zero-order valence-corrected chi connectivity index (χ0v) is 9.82. The van der Waals surface area contributed by atoms with Crippen LogP contribution in [-0.4, -0.2) is 4.57 Å². The van der Waals surface area contributed by atoms with Crippen LogP contribution in [-0.2, 0) is 5.54 Å². The molecule has 0 unspecified atom stereocenters. The quantitative estimate of drug-likeness (QED) is 0.687. The van der Waals surface area contributed by atoms with Gasteiger partial charge in [0, 0.05) is 22.7 Å². The number of benzene rings is 1. The van der Waals surface area contributed by atoms with Crippen molar-refractivity contribution < 1.29 is 0 Å². The highest BCUT2D eigenvalue weighted by atomic mass is 16.1. The Morgan fingerprint density at radius 3 is 2.44 bits per heavy atom. The van der Waals surface area contributed by atoms with Gasteiger partial charge in [-0.25, -0.2) is 0 Å². The Labute approximate surface area is 94.5 Å². The molecule has 0 saturated carbocycles. The van der Waals surface area contributed by atoms with Gasteiger partial charge in [0.15, 0.2) is 0 Å². The van der Waals surface area contributed by atoms with E-state index in [4.69, 9.17) is 5.73 Å². The molecule has 2 rings (SSSR count). The third kappa shape index (κ3) is 1.58. The summed E-state index contributed by atoms with van der Waals surface area (Å²) in [5, 5.41) is 0.928. The minimum atomic E-state index is -0.246. The summed E-state index contributed by atoms with van der Waals surface area (Å²) in [5.74, 6) is 0. The number of fused-ring (bicyclic) bond motifs is 1. The molecule has 0 amide bonds. The summed E-state index contributed by atoms with van der Waals surface area (Å²) in [4.78, 5) is 11.9. The number of anilines is 1. The molecule has 0 aliphatic carbocycles. The van der Waals surface area contributed by atoms with E-state index in [1.54, 1.807) is 16.7 Å². The van der Waals surface area contributed by atoms with Crippen LogP contribution in [0.2, 0.25) is 0 Å². The molecule has 1 aromatic carbocycles. The molecule has 3 nitrogen and oxygen atoms in total. The fraction of sp³-hybridized carbons (Fsp3) is 0.308. The fourth-order valence-electron chi connectivity index (χ4n) is 1.99. The van der Waals surface area contributed by atoms with Crippen molar-refractivity contribution in [3.8, 4) is 0 Å². The Morgan fingerprint density at radius 2 is 1.81 bits per heavy atom. The highest BCUT2D eigenvalue weighted by molar-refractivity contribution is 5.90. The van der Waals surface area contributed by atoms with Crippen LogP contribution >= 0.6 is 0 Å². The molecule has 1 aromatic heterocycles. The van der Waals surface area contributed by atoms with Gasteiger partial charge >= 0.3 is 0 Å². The van der Waals surface area contributed by atoms with E-state index in [0.717, 1.165) is 10.9 Å². The molecule has 0 spiro atoms. The van der Waals surface area contributed by atoms with Crippen LogP contribution in [0.25, 0.3) is 10.9 Å². The molecule has 84 valence electrons. The van der Waals surface area contributed by atoms with Gasteiger partial charge in [0.25, 0.3) is 5.56 Å². The minimum Gasteiger partial charge on any atom is -0.398 e. The number of nitrogen functional groups attached to an aromatic ring is 1. The molecule has 2 N–H and O–H groups in total. The molecule has 2 aromatic rings. The number of hydrogen-bond acceptors (Lipinski definition) is 2. The van der Waals surface area contributed by atoms with E-state index in [9.17, 15) is 4.79 Å². The van der Waals surface area contributed by atoms with Crippen molar-refractivity contribution in [2.75, 3.05) is 5.73 Å². The van der Waals surface area contributed by atoms with Gasteiger partial charge in [-0.3, -0.25) is 4.79 Å². The molecule has 0 saturated heterocycles. The first-order valence-corrected chi connectivity index (χ1v) is 5.32. The van der Waals surface area contributed by atoms with Crippen molar-refractivity contribution in [3.63, 3.8) is 0 Å². The summed E-state index contributed by atoms with van der Waals surface area (Å²) in [7, 11) is 0. The van der Waals surface area contributed by atoms with E-state index < -0.39 is 0 Å². The van der Waals surface area contributed by atoms with Crippen molar-refractivity contribution in [2.24, 2.45) is 0 Å². The summed E-state index contributed by atoms with van der Waals surface area (Å²) >= 11 is 0. The Hall–Kier alpha value is -1.77. The molecule has 16 heavy (non-hydrogen) atoms. The van der Waals surface area contributed by atoms with Gasteiger partial charge in [-0.1, -0.05) is 6.07 Å². The lowest BCUT2D eigenvalue weighted by Gasteiger charge is -2.24. The van der Waals surface area contributed by atoms with Gasteiger partial charge in [-0.05, 0) is 39.0 Å². The minimum absolute atomic E-state index is 0.00519. The first kappa shape index (κ1) is 10.7. The third-order valence-corrected chi connectivity index (χ3v) is 2.64. The number of nitrogens with two attached hydrogens (primary N) is 1. The molecular weight excluding hydrogens is 200 g/mol. The molecule has 0 atom stereocenters. The summed E-state index contributed by atoms with van der Waals surface area (Å²) in [6.07, 6.45) is 0. The van der Waals surface area contributed by atoms with Crippen molar-refractivity contribution in [1.29, 1.82) is 0 Å². The van der Waals surface area contributed by atoms with Crippen LogP contribution in [0.15, 0.2) is 35.1 Å². The van der Waals surface area contributed by atoms with E-state index in [2.05, 4.69) is 0 Å². The number of aromatic nitrogens is 1. The molecule has 0 bridgehead atoms. The molecular formula is C13H16N2O. The second kappa shape index (κ2) is 3.37. The van der Waals surface area contributed by atoms with Crippen molar-refractivity contribution in [3.05, 3.63) is 40.7 Å². The van der Waals surface area contributed by atoms with E-state index >= 15 is 0 Å². The molecule has 0 aliphatic heterocycles. The molecule has 3 heteroatoms. The van der Waals surface area contributed by atoms with Crippen LogP contribution in [0.3, 0.4) is 0 Å². The fourth-order valence-corrected chi connectivity index (χ4v) is 1.99. The Kier molecular flexibility index (Phi) is 2.26. The SMILES string of the molecule is CC(C)(C)n1c(=O)ccc2c(N)cccc21. The lowest BCUT2D eigenvalue weighted by Crippen LogP contribution is -2.33. The summed E-state index contributed by atoms with van der Waals surface area (Å²) < 4.78 is 1.78. The number of pyridine rings is 1. The molecule has 1 heterocycles. The predicted octanol–water partition coefficient (Wildman–Crippen LogP) is 2.34. The number of hydrogen-bond donors (Lipinski definition) is 1. The third-order valence-electron chi connectivity index (χ3n) is 2.64. The van der Waals surface area contributed by atoms with Crippen LogP contribution in [0, 0.1) is 0 Å². The van der Waals surface area contributed by atoms with E-state index in [-0.39, 0.29) is 11.1 Å². The second-order valence-electron chi connectivity index (χ2n) is 4.96. The zero-order valence-electron chi connectivity index (χ0n) is 9.82. The maximum atomic E-state index is 11.9. The number of nitrogens with zero attached hydrogens (tertiary/aromatic N) is 1. The lowest BCUT2D eigenvalue weighted by atomic mass is 10.1. The Morgan fingerprint density at radius 1 is 1.12 bits per heavy atom. The molecule has 0 radical (unpaired) electrons. The monoisotopic (exact) mass is 216 g/mol. The van der Waals surface area contributed by atoms with Gasteiger partial charge in [-0.15, -0.1) is 0 Å². The maximum Gasteiger partial charge on any atom is 0.251 e. The van der Waals surface area contributed by atoms with Crippen molar-refractivity contribution in [2.45, 2.75) is 26.3 Å². The van der Waals surface area contributed by atoms with Gasteiger partial charge in [0.05, 0.1) is 5.52 Å². The summed E-state index contributed by atoms with van der Waals surface area (Å²) in [6, 6.07) is 9.01. The van der Waals surface area contributed by atoms with Crippen molar-refractivity contribution in [1.82, 2.24) is 4.57 Å². The second-order valence-corrected chi connectivity index (χ2v) is 4.96. The average molecular weight is 216 g/mol. The van der Waals surface area contributed by atoms with Gasteiger partial charge in [0.1, 0.15) is 0 Å². The first-order valence-electron chi connectivity index (χ1n) is 5.32. The smallest absolute Gasteiger partial charge is 0.251 e. The van der Waals surface area contributed by atoms with E-state index in [1.807, 2.05) is 39.0 Å². The molecule has 0 aliphatic rings. The normalized spacial score (nSPS) is 11.9. The van der Waals surface area contributed by atoms with Crippen LogP contribution < -0.4 is 11.3 Å². The first-order chi connectivity index (χ1) is 7.41. The Balaban J connectivity index is 2.97. The van der Waals surface area contributed by atoms with Gasteiger partial charge in [0.2, 0.25) is 0 Å². The highest BCUT2D eigenvalue weighted by Crippen LogP contribution is 2.23.